The second kappa shape index (κ2) is 30.7. The van der Waals surface area contributed by atoms with Crippen LogP contribution in [0.25, 0.3) is 0 Å². The molecule has 0 aromatic heterocycles. The van der Waals surface area contributed by atoms with Crippen LogP contribution in [0.5, 0.6) is 0 Å². The molecule has 0 aliphatic carbocycles. The maximum atomic E-state index is 12.8. The molecule has 284 valence electrons. The molecule has 9 heteroatoms. The van der Waals surface area contributed by atoms with Gasteiger partial charge in [0.1, 0.15) is 24.4 Å². The fourth-order valence-electron chi connectivity index (χ4n) is 6.33. The third-order valence-corrected chi connectivity index (χ3v) is 9.61. The van der Waals surface area contributed by atoms with Crippen LogP contribution in [0.15, 0.2) is 12.2 Å². The lowest BCUT2D eigenvalue weighted by atomic mass is 9.99. The van der Waals surface area contributed by atoms with E-state index in [0.29, 0.717) is 6.42 Å². The zero-order valence-corrected chi connectivity index (χ0v) is 30.7. The summed E-state index contributed by atoms with van der Waals surface area (Å²) in [6, 6.07) is -0.795. The van der Waals surface area contributed by atoms with Crippen molar-refractivity contribution in [2.45, 2.75) is 217 Å². The number of aliphatic hydroxyl groups excluding tert-OH is 5. The molecule has 6 N–H and O–H groups in total. The second-order valence-corrected chi connectivity index (χ2v) is 14.1. The lowest BCUT2D eigenvalue weighted by Crippen LogP contribution is -2.60. The molecule has 0 aromatic rings. The van der Waals surface area contributed by atoms with Gasteiger partial charge in [-0.2, -0.15) is 0 Å². The predicted octanol–water partition coefficient (Wildman–Crippen LogP) is 7.00. The molecule has 48 heavy (non-hydrogen) atoms. The zero-order valence-electron chi connectivity index (χ0n) is 30.7. The summed E-state index contributed by atoms with van der Waals surface area (Å²) in [6.45, 7) is 3.72. The van der Waals surface area contributed by atoms with Crippen LogP contribution in [0.3, 0.4) is 0 Å². The summed E-state index contributed by atoms with van der Waals surface area (Å²) in [5.74, 6) is -0.179. The summed E-state index contributed by atoms with van der Waals surface area (Å²) >= 11 is 0. The van der Waals surface area contributed by atoms with Gasteiger partial charge in [-0.1, -0.05) is 161 Å². The number of aliphatic hydroxyl groups is 5. The standard InChI is InChI=1S/C39H75NO8/c1-3-5-7-9-11-13-14-15-16-17-18-19-20-21-23-25-27-29-35(43)40-32(33(42)28-26-24-22-12-10-8-6-4-2)31-47-39-38(46)37(45)36(44)34(30-41)48-39/h26,28,32-34,36-39,41-42,44-46H,3-25,27,29-31H2,1-2H3,(H,40,43)/b28-26+. The van der Waals surface area contributed by atoms with Crippen LogP contribution in [0.4, 0.5) is 0 Å². The smallest absolute Gasteiger partial charge is 0.220 e. The first-order chi connectivity index (χ1) is 23.3. The first-order valence-electron chi connectivity index (χ1n) is 19.9. The van der Waals surface area contributed by atoms with E-state index in [-0.39, 0.29) is 12.5 Å². The minimum atomic E-state index is -1.56. The molecule has 1 heterocycles. The van der Waals surface area contributed by atoms with E-state index in [1.165, 1.54) is 116 Å². The van der Waals surface area contributed by atoms with Crippen molar-refractivity contribution in [1.29, 1.82) is 0 Å². The van der Waals surface area contributed by atoms with Crippen LogP contribution in [0.1, 0.15) is 174 Å². The van der Waals surface area contributed by atoms with Gasteiger partial charge in [-0.05, 0) is 19.3 Å². The molecule has 0 spiro atoms. The van der Waals surface area contributed by atoms with Crippen molar-refractivity contribution in [3.05, 3.63) is 12.2 Å². The average molecular weight is 686 g/mol. The highest BCUT2D eigenvalue weighted by molar-refractivity contribution is 5.76. The van der Waals surface area contributed by atoms with Gasteiger partial charge in [0.15, 0.2) is 6.29 Å². The molecule has 0 radical (unpaired) electrons. The highest BCUT2D eigenvalue weighted by atomic mass is 16.7. The Balaban J connectivity index is 2.35. The van der Waals surface area contributed by atoms with E-state index in [0.717, 1.165) is 38.5 Å². The van der Waals surface area contributed by atoms with E-state index in [1.54, 1.807) is 6.08 Å². The summed E-state index contributed by atoms with van der Waals surface area (Å²) in [4.78, 5) is 12.8. The highest BCUT2D eigenvalue weighted by Gasteiger charge is 2.44. The van der Waals surface area contributed by atoms with E-state index in [4.69, 9.17) is 9.47 Å². The molecule has 1 rings (SSSR count). The number of nitrogens with one attached hydrogen (secondary N) is 1. The second-order valence-electron chi connectivity index (χ2n) is 14.1. The largest absolute Gasteiger partial charge is 0.394 e. The minimum absolute atomic E-state index is 0.179. The predicted molar refractivity (Wildman–Crippen MR) is 194 cm³/mol. The highest BCUT2D eigenvalue weighted by Crippen LogP contribution is 2.22. The first-order valence-corrected chi connectivity index (χ1v) is 19.9. The summed E-state index contributed by atoms with van der Waals surface area (Å²) in [7, 11) is 0. The molecule has 1 aliphatic heterocycles. The fourth-order valence-corrected chi connectivity index (χ4v) is 6.33. The quantitative estimate of drug-likeness (QED) is 0.0328. The van der Waals surface area contributed by atoms with Crippen LogP contribution >= 0.6 is 0 Å². The molecule has 0 bridgehead atoms. The number of unbranched alkanes of at least 4 members (excludes halogenated alkanes) is 22. The lowest BCUT2D eigenvalue weighted by molar-refractivity contribution is -0.302. The van der Waals surface area contributed by atoms with Gasteiger partial charge in [-0.25, -0.2) is 0 Å². The summed E-state index contributed by atoms with van der Waals surface area (Å²) in [5, 5.41) is 53.8. The number of amides is 1. The Morgan fingerprint density at radius 1 is 0.688 bits per heavy atom. The number of hydrogen-bond donors (Lipinski definition) is 6. The SMILES string of the molecule is CCCCCCCC/C=C/C(O)C(COC1OC(CO)C(O)C(O)C1O)NC(=O)CCCCCCCCCCCCCCCCCCC. The van der Waals surface area contributed by atoms with Crippen molar-refractivity contribution in [3.8, 4) is 0 Å². The summed E-state index contributed by atoms with van der Waals surface area (Å²) < 4.78 is 11.1. The Morgan fingerprint density at radius 3 is 1.62 bits per heavy atom. The van der Waals surface area contributed by atoms with Gasteiger partial charge in [0, 0.05) is 6.42 Å². The van der Waals surface area contributed by atoms with Crippen LogP contribution in [-0.4, -0.2) is 87.5 Å². The van der Waals surface area contributed by atoms with Crippen molar-refractivity contribution < 1.29 is 39.8 Å². The van der Waals surface area contributed by atoms with E-state index in [2.05, 4.69) is 19.2 Å². The first kappa shape index (κ1) is 45.0. The van der Waals surface area contributed by atoms with Crippen LogP contribution in [0, 0.1) is 0 Å². The molecular weight excluding hydrogens is 610 g/mol. The van der Waals surface area contributed by atoms with E-state index in [9.17, 15) is 30.3 Å². The molecule has 7 atom stereocenters. The Hall–Kier alpha value is -1.07. The Morgan fingerprint density at radius 2 is 1.15 bits per heavy atom. The Labute approximate surface area is 293 Å². The van der Waals surface area contributed by atoms with Crippen LogP contribution in [0.2, 0.25) is 0 Å². The minimum Gasteiger partial charge on any atom is -0.394 e. The fraction of sp³-hybridized carbons (Fsp3) is 0.923. The summed E-state index contributed by atoms with van der Waals surface area (Å²) in [5.41, 5.74) is 0. The van der Waals surface area contributed by atoms with Gasteiger partial charge in [0.05, 0.1) is 25.4 Å². The van der Waals surface area contributed by atoms with Crippen molar-refractivity contribution in [2.75, 3.05) is 13.2 Å². The van der Waals surface area contributed by atoms with Crippen molar-refractivity contribution >= 4 is 5.91 Å². The van der Waals surface area contributed by atoms with E-state index >= 15 is 0 Å². The van der Waals surface area contributed by atoms with Gasteiger partial charge in [0.25, 0.3) is 0 Å². The number of rotatable bonds is 32. The topological polar surface area (TPSA) is 149 Å². The number of ether oxygens (including phenoxy) is 2. The molecule has 7 unspecified atom stereocenters. The Bertz CT molecular complexity index is 766. The van der Waals surface area contributed by atoms with Crippen molar-refractivity contribution in [1.82, 2.24) is 5.32 Å². The normalized spacial score (nSPS) is 22.7. The zero-order chi connectivity index (χ0) is 35.2. The van der Waals surface area contributed by atoms with Gasteiger partial charge in [-0.3, -0.25) is 4.79 Å². The van der Waals surface area contributed by atoms with Gasteiger partial charge in [-0.15, -0.1) is 0 Å². The lowest BCUT2D eigenvalue weighted by Gasteiger charge is -2.40. The third kappa shape index (κ3) is 21.9. The van der Waals surface area contributed by atoms with Crippen molar-refractivity contribution in [2.24, 2.45) is 0 Å². The maximum Gasteiger partial charge on any atom is 0.220 e. The molecule has 1 fully saturated rings. The van der Waals surface area contributed by atoms with Gasteiger partial charge in [0.2, 0.25) is 5.91 Å². The van der Waals surface area contributed by atoms with Gasteiger partial charge < -0.3 is 40.3 Å². The number of carbonyl (C=O) groups is 1. The summed E-state index contributed by atoms with van der Waals surface area (Å²) in [6.07, 6.45) is 25.5. The van der Waals surface area contributed by atoms with Crippen LogP contribution in [-0.2, 0) is 14.3 Å². The molecule has 9 nitrogen and oxygen atoms in total. The van der Waals surface area contributed by atoms with Gasteiger partial charge >= 0.3 is 0 Å². The van der Waals surface area contributed by atoms with Crippen LogP contribution < -0.4 is 5.32 Å². The monoisotopic (exact) mass is 686 g/mol. The average Bonchev–Trinajstić information content (AvgIpc) is 3.08. The molecular formula is C39H75NO8. The van der Waals surface area contributed by atoms with E-state index in [1.807, 2.05) is 6.08 Å². The molecule has 0 aromatic carbocycles. The molecule has 1 aliphatic rings. The third-order valence-electron chi connectivity index (χ3n) is 9.61. The number of hydrogen-bond acceptors (Lipinski definition) is 8. The molecule has 0 saturated carbocycles. The number of allylic oxidation sites excluding steroid dienone is 1. The Kier molecular flexibility index (Phi) is 28.8. The molecule has 1 amide bonds. The maximum absolute atomic E-state index is 12.8. The number of carbonyl (C=O) groups excluding carboxylic acids is 1. The molecule has 1 saturated heterocycles. The van der Waals surface area contributed by atoms with Crippen molar-refractivity contribution in [3.63, 3.8) is 0 Å². The van der Waals surface area contributed by atoms with E-state index < -0.39 is 49.5 Å².